The molecule has 0 amide bonds. The summed E-state index contributed by atoms with van der Waals surface area (Å²) in [5.74, 6) is 1.53. The van der Waals surface area contributed by atoms with Gasteiger partial charge < -0.3 is 9.47 Å². The van der Waals surface area contributed by atoms with Gasteiger partial charge in [-0.1, -0.05) is 33.3 Å². The van der Waals surface area contributed by atoms with Crippen LogP contribution in [-0.4, -0.2) is 25.3 Å². The number of ether oxygens (including phenoxy) is 2. The van der Waals surface area contributed by atoms with Gasteiger partial charge >= 0.3 is 5.97 Å². The molecule has 2 heterocycles. The first-order chi connectivity index (χ1) is 13.4. The van der Waals surface area contributed by atoms with E-state index in [4.69, 9.17) is 9.47 Å². The SMILES string of the molecule is C[C@H]1CC[C@@]23C[C@]2(C)CCC[C@@H]3[C@@]1(C)CCC1=CC[C@@H](C2=CC(=O)OC2)OC1. The lowest BCUT2D eigenvalue weighted by molar-refractivity contribution is -0.135. The second-order valence-corrected chi connectivity index (χ2v) is 11.0. The van der Waals surface area contributed by atoms with Gasteiger partial charge in [0.2, 0.25) is 0 Å². The highest BCUT2D eigenvalue weighted by Crippen LogP contribution is 2.80. The number of carbonyl (C=O) groups is 1. The maximum absolute atomic E-state index is 11.3. The fourth-order valence-electron chi connectivity index (χ4n) is 7.64. The van der Waals surface area contributed by atoms with E-state index in [2.05, 4.69) is 26.8 Å². The van der Waals surface area contributed by atoms with Crippen LogP contribution in [0.3, 0.4) is 0 Å². The Labute approximate surface area is 169 Å². The normalized spacial score (nSPS) is 47.5. The number of cyclic esters (lactones) is 1. The minimum absolute atomic E-state index is 0.0353. The van der Waals surface area contributed by atoms with E-state index in [1.54, 1.807) is 6.08 Å². The summed E-state index contributed by atoms with van der Waals surface area (Å²) in [5, 5.41) is 0. The fourth-order valence-corrected chi connectivity index (χ4v) is 7.64. The zero-order chi connectivity index (χ0) is 19.6. The van der Waals surface area contributed by atoms with Crippen LogP contribution in [0.5, 0.6) is 0 Å². The van der Waals surface area contributed by atoms with Gasteiger partial charge in [0.15, 0.2) is 0 Å². The highest BCUT2D eigenvalue weighted by atomic mass is 16.5. The van der Waals surface area contributed by atoms with Crippen LogP contribution < -0.4 is 0 Å². The molecule has 0 unspecified atom stereocenters. The molecule has 0 N–H and O–H groups in total. The van der Waals surface area contributed by atoms with Crippen molar-refractivity contribution in [3.05, 3.63) is 23.3 Å². The fraction of sp³-hybridized carbons (Fsp3) is 0.800. The topological polar surface area (TPSA) is 35.5 Å². The minimum Gasteiger partial charge on any atom is -0.458 e. The summed E-state index contributed by atoms with van der Waals surface area (Å²) in [5.41, 5.74) is 4.28. The molecule has 0 saturated heterocycles. The Bertz CT molecular complexity index is 736. The maximum Gasteiger partial charge on any atom is 0.331 e. The average molecular weight is 385 g/mol. The largest absolute Gasteiger partial charge is 0.458 e. The van der Waals surface area contributed by atoms with E-state index in [-0.39, 0.29) is 12.1 Å². The second kappa shape index (κ2) is 6.45. The van der Waals surface area contributed by atoms with Gasteiger partial charge in [0.25, 0.3) is 0 Å². The molecule has 0 bridgehead atoms. The van der Waals surface area contributed by atoms with Crippen molar-refractivity contribution in [3.63, 3.8) is 0 Å². The molecular formula is C25H36O3. The smallest absolute Gasteiger partial charge is 0.331 e. The third-order valence-electron chi connectivity index (χ3n) is 9.79. The minimum atomic E-state index is -0.221. The predicted octanol–water partition coefficient (Wildman–Crippen LogP) is 5.60. The van der Waals surface area contributed by atoms with Gasteiger partial charge in [0.05, 0.1) is 12.7 Å². The highest BCUT2D eigenvalue weighted by Gasteiger charge is 2.72. The molecule has 2 aliphatic heterocycles. The quantitative estimate of drug-likeness (QED) is 0.468. The van der Waals surface area contributed by atoms with E-state index >= 15 is 0 Å². The van der Waals surface area contributed by atoms with Crippen LogP contribution in [0.25, 0.3) is 0 Å². The van der Waals surface area contributed by atoms with E-state index in [0.29, 0.717) is 29.5 Å². The molecule has 0 radical (unpaired) electrons. The number of esters is 1. The summed E-state index contributed by atoms with van der Waals surface area (Å²) >= 11 is 0. The molecule has 154 valence electrons. The Hall–Kier alpha value is -1.09. The lowest BCUT2D eigenvalue weighted by Crippen LogP contribution is -2.47. The van der Waals surface area contributed by atoms with E-state index in [1.165, 1.54) is 56.9 Å². The van der Waals surface area contributed by atoms with Gasteiger partial charge in [-0.3, -0.25) is 0 Å². The lowest BCUT2D eigenvalue weighted by atomic mass is 9.50. The van der Waals surface area contributed by atoms with Crippen molar-refractivity contribution in [2.24, 2.45) is 28.1 Å². The van der Waals surface area contributed by atoms with Crippen molar-refractivity contribution in [1.82, 2.24) is 0 Å². The molecule has 3 nitrogen and oxygen atoms in total. The Morgan fingerprint density at radius 3 is 2.75 bits per heavy atom. The summed E-state index contributed by atoms with van der Waals surface area (Å²) in [6.45, 7) is 8.84. The van der Waals surface area contributed by atoms with Crippen molar-refractivity contribution < 1.29 is 14.3 Å². The van der Waals surface area contributed by atoms with Gasteiger partial charge in [-0.05, 0) is 85.0 Å². The summed E-state index contributed by atoms with van der Waals surface area (Å²) in [6, 6.07) is 0. The Balaban J connectivity index is 1.25. The zero-order valence-electron chi connectivity index (χ0n) is 17.9. The average Bonchev–Trinajstić information content (AvgIpc) is 3.09. The molecule has 1 spiro atoms. The van der Waals surface area contributed by atoms with Gasteiger partial charge in [0, 0.05) is 11.6 Å². The summed E-state index contributed by atoms with van der Waals surface area (Å²) in [6.07, 6.45) is 16.2. The predicted molar refractivity (Wildman–Crippen MR) is 110 cm³/mol. The van der Waals surface area contributed by atoms with Crippen molar-refractivity contribution >= 4 is 5.97 Å². The molecular weight excluding hydrogens is 348 g/mol. The van der Waals surface area contributed by atoms with Gasteiger partial charge in [-0.25, -0.2) is 4.79 Å². The molecule has 3 saturated carbocycles. The molecule has 5 rings (SSSR count). The van der Waals surface area contributed by atoms with Crippen molar-refractivity contribution in [2.45, 2.75) is 84.7 Å². The maximum atomic E-state index is 11.3. The first kappa shape index (κ1) is 18.9. The Morgan fingerprint density at radius 1 is 1.18 bits per heavy atom. The standard InChI is InChI=1S/C25H36O3/c1-17-8-12-25-16-23(25,2)10-4-5-21(25)24(17,3)11-9-18-6-7-20(27-14-18)19-13-22(26)28-15-19/h6,13,17,20-21H,4-5,7-12,14-16H2,1-3H3/t17-,20-,21+,23-,24-,25-/m0/s1. The molecule has 28 heavy (non-hydrogen) atoms. The monoisotopic (exact) mass is 384 g/mol. The van der Waals surface area contributed by atoms with Crippen molar-refractivity contribution in [2.75, 3.05) is 13.2 Å². The summed E-state index contributed by atoms with van der Waals surface area (Å²) < 4.78 is 11.1. The van der Waals surface area contributed by atoms with Crippen LogP contribution in [0.15, 0.2) is 23.3 Å². The van der Waals surface area contributed by atoms with Crippen molar-refractivity contribution in [3.8, 4) is 0 Å². The van der Waals surface area contributed by atoms with Crippen molar-refractivity contribution in [1.29, 1.82) is 0 Å². The molecule has 3 fully saturated rings. The lowest BCUT2D eigenvalue weighted by Gasteiger charge is -2.55. The van der Waals surface area contributed by atoms with Crippen LogP contribution in [0.4, 0.5) is 0 Å². The van der Waals surface area contributed by atoms with Crippen LogP contribution >= 0.6 is 0 Å². The number of hydrogen-bond acceptors (Lipinski definition) is 3. The van der Waals surface area contributed by atoms with E-state index in [0.717, 1.165) is 23.8 Å². The van der Waals surface area contributed by atoms with Gasteiger partial charge in [-0.15, -0.1) is 0 Å². The third kappa shape index (κ3) is 2.75. The van der Waals surface area contributed by atoms with E-state index in [9.17, 15) is 4.79 Å². The molecule has 0 aromatic heterocycles. The molecule has 3 heteroatoms. The Kier molecular flexibility index (Phi) is 4.36. The zero-order valence-corrected chi connectivity index (χ0v) is 17.9. The number of rotatable bonds is 4. The number of carbonyl (C=O) groups excluding carboxylic acids is 1. The molecule has 3 aliphatic carbocycles. The van der Waals surface area contributed by atoms with E-state index in [1.807, 2.05) is 0 Å². The molecule has 5 aliphatic rings. The Morgan fingerprint density at radius 2 is 2.04 bits per heavy atom. The first-order valence-electron chi connectivity index (χ1n) is 11.5. The van der Waals surface area contributed by atoms with Crippen LogP contribution in [0.2, 0.25) is 0 Å². The third-order valence-corrected chi connectivity index (χ3v) is 9.79. The van der Waals surface area contributed by atoms with Gasteiger partial charge in [-0.2, -0.15) is 0 Å². The van der Waals surface area contributed by atoms with Crippen LogP contribution in [0.1, 0.15) is 78.6 Å². The van der Waals surface area contributed by atoms with E-state index < -0.39 is 0 Å². The highest BCUT2D eigenvalue weighted by molar-refractivity contribution is 5.85. The second-order valence-electron chi connectivity index (χ2n) is 11.0. The van der Waals surface area contributed by atoms with Crippen LogP contribution in [0, 0.1) is 28.1 Å². The molecule has 0 aromatic carbocycles. The molecule has 6 atom stereocenters. The summed E-state index contributed by atoms with van der Waals surface area (Å²) in [7, 11) is 0. The van der Waals surface area contributed by atoms with Gasteiger partial charge in [0.1, 0.15) is 6.61 Å². The van der Waals surface area contributed by atoms with Crippen LogP contribution in [-0.2, 0) is 14.3 Å². The molecule has 0 aromatic rings. The first-order valence-corrected chi connectivity index (χ1v) is 11.5. The summed E-state index contributed by atoms with van der Waals surface area (Å²) in [4.78, 5) is 11.3. The number of hydrogen-bond donors (Lipinski definition) is 0.